The molecule has 17 heavy (non-hydrogen) atoms. The van der Waals surface area contributed by atoms with Gasteiger partial charge in [0, 0.05) is 32.3 Å². The first-order valence-corrected chi connectivity index (χ1v) is 6.07. The highest BCUT2D eigenvalue weighted by Crippen LogP contribution is 2.18. The molecule has 96 valence electrons. The van der Waals surface area contributed by atoms with E-state index < -0.39 is 0 Å². The monoisotopic (exact) mass is 257 g/mol. The van der Waals surface area contributed by atoms with Gasteiger partial charge in [-0.3, -0.25) is 0 Å². The first-order chi connectivity index (χ1) is 8.17. The van der Waals surface area contributed by atoms with Crippen LogP contribution in [-0.4, -0.2) is 33.6 Å². The van der Waals surface area contributed by atoms with Crippen molar-refractivity contribution in [2.24, 2.45) is 0 Å². The second-order valence-corrected chi connectivity index (χ2v) is 4.45. The van der Waals surface area contributed by atoms with Crippen LogP contribution >= 0.6 is 11.6 Å². The van der Waals surface area contributed by atoms with Gasteiger partial charge in [-0.25, -0.2) is 0 Å². The van der Waals surface area contributed by atoms with Gasteiger partial charge in [-0.05, 0) is 23.6 Å². The molecule has 0 unspecified atom stereocenters. The lowest BCUT2D eigenvalue weighted by Crippen LogP contribution is -2.32. The highest BCUT2D eigenvalue weighted by atomic mass is 35.5. The topological polar surface area (TPSA) is 30.5 Å². The molecule has 0 amide bonds. The number of hydrogen-bond donors (Lipinski definition) is 1. The molecule has 0 bridgehead atoms. The van der Waals surface area contributed by atoms with Gasteiger partial charge < -0.3 is 14.8 Å². The lowest BCUT2D eigenvalue weighted by molar-refractivity contribution is -0.0987. The molecule has 0 fully saturated rings. The average Bonchev–Trinajstić information content (AvgIpc) is 2.34. The van der Waals surface area contributed by atoms with Crippen LogP contribution in [0.3, 0.4) is 0 Å². The number of rotatable bonds is 7. The summed E-state index contributed by atoms with van der Waals surface area (Å²) in [6.07, 6.45) is -0.193. The Morgan fingerprint density at radius 2 is 1.94 bits per heavy atom. The van der Waals surface area contributed by atoms with E-state index in [0.29, 0.717) is 12.5 Å². The van der Waals surface area contributed by atoms with Crippen LogP contribution in [0.4, 0.5) is 0 Å². The zero-order valence-corrected chi connectivity index (χ0v) is 11.3. The summed E-state index contributed by atoms with van der Waals surface area (Å²) in [6.45, 7) is 3.70. The summed E-state index contributed by atoms with van der Waals surface area (Å²) in [5.41, 5.74) is 1.23. The minimum absolute atomic E-state index is 0.193. The Morgan fingerprint density at radius 1 is 1.24 bits per heavy atom. The van der Waals surface area contributed by atoms with Gasteiger partial charge in [0.25, 0.3) is 0 Å². The first kappa shape index (κ1) is 14.5. The van der Waals surface area contributed by atoms with Crippen molar-refractivity contribution in [2.45, 2.75) is 19.1 Å². The van der Waals surface area contributed by atoms with E-state index in [0.717, 1.165) is 11.6 Å². The predicted molar refractivity (Wildman–Crippen MR) is 70.5 cm³/mol. The fourth-order valence-electron chi connectivity index (χ4n) is 1.61. The highest BCUT2D eigenvalue weighted by molar-refractivity contribution is 6.30. The largest absolute Gasteiger partial charge is 0.355 e. The fraction of sp³-hybridized carbons (Fsp3) is 0.538. The van der Waals surface area contributed by atoms with Crippen LogP contribution in [0.25, 0.3) is 0 Å². The van der Waals surface area contributed by atoms with Gasteiger partial charge in [-0.15, -0.1) is 0 Å². The summed E-state index contributed by atoms with van der Waals surface area (Å²) in [5, 5.41) is 4.09. The number of benzene rings is 1. The molecule has 0 saturated carbocycles. The predicted octanol–water partition coefficient (Wildman–Crippen LogP) is 2.65. The van der Waals surface area contributed by atoms with Crippen LogP contribution in [0.1, 0.15) is 18.4 Å². The molecular weight excluding hydrogens is 238 g/mol. The number of nitrogens with one attached hydrogen (secondary N) is 1. The van der Waals surface area contributed by atoms with Gasteiger partial charge in [0.15, 0.2) is 6.29 Å². The SMILES string of the molecule is COC(CNC[C@H](C)c1cccc(Cl)c1)OC. The highest BCUT2D eigenvalue weighted by Gasteiger charge is 2.08. The standard InChI is InChI=1S/C13H20ClNO2/c1-10(8-15-9-13(16-2)17-3)11-5-4-6-12(14)7-11/h4-7,10,13,15H,8-9H2,1-3H3/t10-/m0/s1. The Morgan fingerprint density at radius 3 is 2.53 bits per heavy atom. The molecule has 0 heterocycles. The molecule has 1 atom stereocenters. The maximum atomic E-state index is 5.96. The second-order valence-electron chi connectivity index (χ2n) is 4.02. The van der Waals surface area contributed by atoms with Crippen LogP contribution in [-0.2, 0) is 9.47 Å². The van der Waals surface area contributed by atoms with Crippen molar-refractivity contribution >= 4 is 11.6 Å². The quantitative estimate of drug-likeness (QED) is 0.762. The lowest BCUT2D eigenvalue weighted by atomic mass is 10.0. The van der Waals surface area contributed by atoms with E-state index >= 15 is 0 Å². The zero-order valence-electron chi connectivity index (χ0n) is 10.6. The number of ether oxygens (including phenoxy) is 2. The lowest BCUT2D eigenvalue weighted by Gasteiger charge is -2.17. The van der Waals surface area contributed by atoms with E-state index in [1.54, 1.807) is 14.2 Å². The van der Waals surface area contributed by atoms with Crippen molar-refractivity contribution in [2.75, 3.05) is 27.3 Å². The van der Waals surface area contributed by atoms with E-state index in [9.17, 15) is 0 Å². The minimum Gasteiger partial charge on any atom is -0.355 e. The zero-order chi connectivity index (χ0) is 12.7. The summed E-state index contributed by atoms with van der Waals surface area (Å²) in [5.74, 6) is 0.406. The molecule has 1 aromatic carbocycles. The molecule has 3 nitrogen and oxygen atoms in total. The van der Waals surface area contributed by atoms with Crippen molar-refractivity contribution in [3.05, 3.63) is 34.9 Å². The normalized spacial score (nSPS) is 13.0. The molecule has 0 aliphatic heterocycles. The van der Waals surface area contributed by atoms with Crippen molar-refractivity contribution in [3.63, 3.8) is 0 Å². The third-order valence-electron chi connectivity index (χ3n) is 2.71. The molecule has 0 aliphatic rings. The Bertz CT molecular complexity index is 329. The summed E-state index contributed by atoms with van der Waals surface area (Å²) in [7, 11) is 3.27. The number of methoxy groups -OCH3 is 2. The molecule has 0 spiro atoms. The molecule has 1 rings (SSSR count). The maximum Gasteiger partial charge on any atom is 0.169 e. The van der Waals surface area contributed by atoms with Crippen LogP contribution in [0, 0.1) is 0 Å². The third kappa shape index (κ3) is 5.04. The van der Waals surface area contributed by atoms with Crippen LogP contribution in [0.15, 0.2) is 24.3 Å². The van der Waals surface area contributed by atoms with Gasteiger partial charge in [-0.2, -0.15) is 0 Å². The van der Waals surface area contributed by atoms with E-state index in [-0.39, 0.29) is 6.29 Å². The van der Waals surface area contributed by atoms with Crippen LogP contribution in [0.2, 0.25) is 5.02 Å². The summed E-state index contributed by atoms with van der Waals surface area (Å²) >= 11 is 5.96. The van der Waals surface area contributed by atoms with Crippen molar-refractivity contribution in [1.29, 1.82) is 0 Å². The number of halogens is 1. The van der Waals surface area contributed by atoms with Crippen LogP contribution in [0.5, 0.6) is 0 Å². The molecule has 0 radical (unpaired) electrons. The van der Waals surface area contributed by atoms with Gasteiger partial charge in [0.05, 0.1) is 0 Å². The van der Waals surface area contributed by atoms with E-state index in [1.807, 2.05) is 18.2 Å². The van der Waals surface area contributed by atoms with Crippen molar-refractivity contribution < 1.29 is 9.47 Å². The van der Waals surface area contributed by atoms with E-state index in [4.69, 9.17) is 21.1 Å². The minimum atomic E-state index is -0.193. The smallest absolute Gasteiger partial charge is 0.169 e. The second kappa shape index (κ2) is 7.67. The van der Waals surface area contributed by atoms with Gasteiger partial charge >= 0.3 is 0 Å². The Labute approximate surface area is 108 Å². The molecule has 1 aromatic rings. The molecule has 4 heteroatoms. The number of hydrogen-bond acceptors (Lipinski definition) is 3. The summed E-state index contributed by atoms with van der Waals surface area (Å²) in [4.78, 5) is 0. The summed E-state index contributed by atoms with van der Waals surface area (Å²) in [6, 6.07) is 7.94. The molecule has 1 N–H and O–H groups in total. The van der Waals surface area contributed by atoms with E-state index in [2.05, 4.69) is 18.3 Å². The third-order valence-corrected chi connectivity index (χ3v) is 2.94. The fourth-order valence-corrected chi connectivity index (χ4v) is 1.81. The van der Waals surface area contributed by atoms with Gasteiger partial charge in [-0.1, -0.05) is 30.7 Å². The van der Waals surface area contributed by atoms with Crippen molar-refractivity contribution in [3.8, 4) is 0 Å². The summed E-state index contributed by atoms with van der Waals surface area (Å²) < 4.78 is 10.2. The first-order valence-electron chi connectivity index (χ1n) is 5.69. The van der Waals surface area contributed by atoms with Gasteiger partial charge in [0.2, 0.25) is 0 Å². The molecule has 0 saturated heterocycles. The van der Waals surface area contributed by atoms with Crippen molar-refractivity contribution in [1.82, 2.24) is 5.32 Å². The molecular formula is C13H20ClNO2. The molecule has 0 aromatic heterocycles. The average molecular weight is 258 g/mol. The van der Waals surface area contributed by atoms with Gasteiger partial charge in [0.1, 0.15) is 0 Å². The molecule has 0 aliphatic carbocycles. The Hall–Kier alpha value is -0.610. The Balaban J connectivity index is 2.37. The Kier molecular flexibility index (Phi) is 6.52. The maximum absolute atomic E-state index is 5.96. The van der Waals surface area contributed by atoms with Crippen LogP contribution < -0.4 is 5.32 Å². The van der Waals surface area contributed by atoms with E-state index in [1.165, 1.54) is 5.56 Å².